The van der Waals surface area contributed by atoms with Gasteiger partial charge in [0.05, 0.1) is 5.04 Å². The van der Waals surface area contributed by atoms with E-state index < -0.39 is 0 Å². The Kier molecular flexibility index (Phi) is 4.77. The second kappa shape index (κ2) is 4.53. The van der Waals surface area contributed by atoms with E-state index in [0.717, 1.165) is 10.8 Å². The lowest BCUT2D eigenvalue weighted by molar-refractivity contribution is 1.54. The first-order chi connectivity index (χ1) is 3.31. The van der Waals surface area contributed by atoms with Crippen LogP contribution in [-0.2, 0) is 0 Å². The number of hydrogen-bond acceptors (Lipinski definition) is 3. The Bertz CT molecular complexity index is 62.7. The van der Waals surface area contributed by atoms with Crippen molar-refractivity contribution in [3.63, 3.8) is 0 Å². The van der Waals surface area contributed by atoms with Crippen LogP contribution in [0.25, 0.3) is 0 Å². The van der Waals surface area contributed by atoms with E-state index >= 15 is 0 Å². The predicted octanol–water partition coefficient (Wildman–Crippen LogP) is 1.69. The van der Waals surface area contributed by atoms with Gasteiger partial charge in [-0.1, -0.05) is 0 Å². The topological polar surface area (TPSA) is 23.9 Å². The summed E-state index contributed by atoms with van der Waals surface area (Å²) in [6.07, 6.45) is 3.93. The minimum absolute atomic E-state index is 0.757. The summed E-state index contributed by atoms with van der Waals surface area (Å²) in [4.78, 5) is 0. The first kappa shape index (κ1) is 7.37. The summed E-state index contributed by atoms with van der Waals surface area (Å²) in [5.74, 6) is 0.862. The molecule has 0 rings (SSSR count). The molecule has 0 aliphatic heterocycles. The maximum Gasteiger partial charge on any atom is 0.0737 e. The van der Waals surface area contributed by atoms with Crippen LogP contribution in [-0.4, -0.2) is 23.3 Å². The van der Waals surface area contributed by atoms with Crippen molar-refractivity contribution in [1.29, 1.82) is 5.41 Å². The summed E-state index contributed by atoms with van der Waals surface area (Å²) >= 11 is 3.20. The zero-order valence-corrected chi connectivity index (χ0v) is 6.16. The minimum Gasteiger partial charge on any atom is -0.298 e. The van der Waals surface area contributed by atoms with Crippen LogP contribution in [0.15, 0.2) is 0 Å². The van der Waals surface area contributed by atoms with Crippen molar-refractivity contribution in [1.82, 2.24) is 0 Å². The van der Waals surface area contributed by atoms with Crippen LogP contribution < -0.4 is 0 Å². The largest absolute Gasteiger partial charge is 0.298 e. The third-order valence-corrected chi connectivity index (χ3v) is 1.92. The highest BCUT2D eigenvalue weighted by atomic mass is 32.2. The van der Waals surface area contributed by atoms with Gasteiger partial charge in [0.1, 0.15) is 0 Å². The Hall–Kier alpha value is 0.370. The fraction of sp³-hybridized carbons (Fsp3) is 0.750. The van der Waals surface area contributed by atoms with Gasteiger partial charge in [0.15, 0.2) is 0 Å². The third kappa shape index (κ3) is 4.22. The molecule has 0 aromatic heterocycles. The van der Waals surface area contributed by atoms with E-state index in [0.29, 0.717) is 0 Å². The zero-order chi connectivity index (χ0) is 5.70. The Morgan fingerprint density at radius 3 is 2.29 bits per heavy atom. The highest BCUT2D eigenvalue weighted by molar-refractivity contribution is 8.15. The van der Waals surface area contributed by atoms with Crippen molar-refractivity contribution in [3.8, 4) is 0 Å². The quantitative estimate of drug-likeness (QED) is 0.460. The van der Waals surface area contributed by atoms with Crippen LogP contribution in [0.3, 0.4) is 0 Å². The lowest BCUT2D eigenvalue weighted by Crippen LogP contribution is -1.89. The number of nitrogens with one attached hydrogen (secondary N) is 1. The van der Waals surface area contributed by atoms with Gasteiger partial charge in [0.2, 0.25) is 0 Å². The van der Waals surface area contributed by atoms with Crippen LogP contribution in [0, 0.1) is 5.41 Å². The fourth-order valence-electron chi connectivity index (χ4n) is 0.190. The van der Waals surface area contributed by atoms with Crippen molar-refractivity contribution < 1.29 is 0 Å². The molecule has 0 aliphatic carbocycles. The van der Waals surface area contributed by atoms with Gasteiger partial charge >= 0.3 is 0 Å². The van der Waals surface area contributed by atoms with E-state index in [1.165, 1.54) is 11.8 Å². The first-order valence-electron chi connectivity index (χ1n) is 1.91. The lowest BCUT2D eigenvalue weighted by Gasteiger charge is -1.91. The Morgan fingerprint density at radius 1 is 1.57 bits per heavy atom. The SMILES string of the molecule is CSCC(=N)SC. The van der Waals surface area contributed by atoms with Gasteiger partial charge in [-0.2, -0.15) is 11.8 Å². The molecule has 0 atom stereocenters. The molecule has 0 unspecified atom stereocenters. The molecule has 0 aromatic carbocycles. The molecule has 0 amide bonds. The molecule has 3 heteroatoms. The average molecular weight is 135 g/mol. The van der Waals surface area contributed by atoms with Crippen molar-refractivity contribution in [2.75, 3.05) is 18.3 Å². The first-order valence-corrected chi connectivity index (χ1v) is 4.53. The van der Waals surface area contributed by atoms with E-state index in [2.05, 4.69) is 0 Å². The highest BCUT2D eigenvalue weighted by Gasteiger charge is 1.87. The molecule has 0 saturated heterocycles. The van der Waals surface area contributed by atoms with Crippen LogP contribution in [0.2, 0.25) is 0 Å². The van der Waals surface area contributed by atoms with Crippen LogP contribution in [0.4, 0.5) is 0 Å². The molecule has 0 aliphatic rings. The summed E-state index contributed by atoms with van der Waals surface area (Å²) in [5, 5.41) is 7.84. The van der Waals surface area contributed by atoms with E-state index in [1.807, 2.05) is 12.5 Å². The normalized spacial score (nSPS) is 8.86. The Morgan fingerprint density at radius 2 is 2.14 bits per heavy atom. The van der Waals surface area contributed by atoms with Gasteiger partial charge in [-0.3, -0.25) is 5.41 Å². The molecule has 0 fully saturated rings. The van der Waals surface area contributed by atoms with Gasteiger partial charge in [0.25, 0.3) is 0 Å². The molecular weight excluding hydrogens is 126 g/mol. The highest BCUT2D eigenvalue weighted by Crippen LogP contribution is 2.01. The van der Waals surface area contributed by atoms with Crippen LogP contribution in [0.1, 0.15) is 0 Å². The van der Waals surface area contributed by atoms with Gasteiger partial charge in [-0.15, -0.1) is 11.8 Å². The zero-order valence-electron chi connectivity index (χ0n) is 4.52. The summed E-state index contributed by atoms with van der Waals surface area (Å²) in [6, 6.07) is 0. The number of rotatable bonds is 2. The maximum absolute atomic E-state index is 7.08. The Labute approximate surface area is 52.8 Å². The molecule has 0 spiro atoms. The van der Waals surface area contributed by atoms with E-state index in [4.69, 9.17) is 5.41 Å². The fourth-order valence-corrected chi connectivity index (χ4v) is 1.28. The molecule has 42 valence electrons. The van der Waals surface area contributed by atoms with E-state index in [-0.39, 0.29) is 0 Å². The molecule has 0 radical (unpaired) electrons. The van der Waals surface area contributed by atoms with E-state index in [9.17, 15) is 0 Å². The summed E-state index contributed by atoms with van der Waals surface area (Å²) in [6.45, 7) is 0. The number of thioether (sulfide) groups is 2. The molecule has 1 N–H and O–H groups in total. The molecule has 0 aromatic rings. The smallest absolute Gasteiger partial charge is 0.0737 e. The molecule has 0 heterocycles. The van der Waals surface area contributed by atoms with Crippen molar-refractivity contribution in [3.05, 3.63) is 0 Å². The van der Waals surface area contributed by atoms with Gasteiger partial charge in [-0.05, 0) is 12.5 Å². The third-order valence-electron chi connectivity index (χ3n) is 0.522. The standard InChI is InChI=1S/C4H9NS2/c1-6-3-4(5)7-2/h5H,3H2,1-2H3. The molecule has 1 nitrogen and oxygen atoms in total. The Balaban J connectivity index is 3.00. The van der Waals surface area contributed by atoms with Crippen LogP contribution >= 0.6 is 23.5 Å². The lowest BCUT2D eigenvalue weighted by atomic mass is 10.9. The maximum atomic E-state index is 7.08. The molecule has 0 saturated carbocycles. The van der Waals surface area contributed by atoms with E-state index in [1.54, 1.807) is 11.8 Å². The van der Waals surface area contributed by atoms with Crippen molar-refractivity contribution >= 4 is 28.6 Å². The van der Waals surface area contributed by atoms with Crippen molar-refractivity contribution in [2.24, 2.45) is 0 Å². The van der Waals surface area contributed by atoms with Gasteiger partial charge in [0, 0.05) is 5.75 Å². The average Bonchev–Trinajstić information content (AvgIpc) is 1.68. The monoisotopic (exact) mass is 135 g/mol. The molecule has 7 heavy (non-hydrogen) atoms. The molecular formula is C4H9NS2. The van der Waals surface area contributed by atoms with Crippen LogP contribution in [0.5, 0.6) is 0 Å². The molecule has 0 bridgehead atoms. The van der Waals surface area contributed by atoms with Crippen molar-refractivity contribution in [2.45, 2.75) is 0 Å². The van der Waals surface area contributed by atoms with Gasteiger partial charge < -0.3 is 0 Å². The summed E-state index contributed by atoms with van der Waals surface area (Å²) < 4.78 is 0. The van der Waals surface area contributed by atoms with Gasteiger partial charge in [-0.25, -0.2) is 0 Å². The predicted molar refractivity (Wildman–Crippen MR) is 39.6 cm³/mol. The summed E-state index contributed by atoms with van der Waals surface area (Å²) in [7, 11) is 0. The second-order valence-corrected chi connectivity index (χ2v) is 2.83. The second-order valence-electron chi connectivity index (χ2n) is 1.06. The number of hydrogen-bond donors (Lipinski definition) is 1. The summed E-state index contributed by atoms with van der Waals surface area (Å²) in [5.41, 5.74) is 0. The minimum atomic E-state index is 0.757.